The number of carbonyl (C=O) groups is 1. The Kier molecular flexibility index (Phi) is 4.93. The molecule has 1 aromatic carbocycles. The molecule has 1 saturated heterocycles. The largest absolute Gasteiger partial charge is 0.381 e. The van der Waals surface area contributed by atoms with Gasteiger partial charge in [-0.15, -0.1) is 0 Å². The van der Waals surface area contributed by atoms with Gasteiger partial charge in [-0.1, -0.05) is 18.2 Å². The maximum absolute atomic E-state index is 12.8. The molecule has 3 aromatic rings. The van der Waals surface area contributed by atoms with Gasteiger partial charge in [-0.2, -0.15) is 0 Å². The molecule has 26 heavy (non-hydrogen) atoms. The van der Waals surface area contributed by atoms with Crippen molar-refractivity contribution in [2.24, 2.45) is 5.92 Å². The van der Waals surface area contributed by atoms with Crippen molar-refractivity contribution in [2.45, 2.75) is 25.4 Å². The van der Waals surface area contributed by atoms with Crippen molar-refractivity contribution in [3.8, 4) is 0 Å². The van der Waals surface area contributed by atoms with Gasteiger partial charge in [0.25, 0.3) is 0 Å². The minimum absolute atomic E-state index is 0.0199. The molecule has 0 aliphatic carbocycles. The highest BCUT2D eigenvalue weighted by atomic mass is 16.5. The number of para-hydroxylation sites is 2. The Hall–Kier alpha value is -2.73. The molecule has 6 heteroatoms. The van der Waals surface area contributed by atoms with E-state index < -0.39 is 0 Å². The number of pyridine rings is 1. The summed E-state index contributed by atoms with van der Waals surface area (Å²) in [6.07, 6.45) is 7.19. The molecule has 1 atom stereocenters. The second-order valence-electron chi connectivity index (χ2n) is 6.64. The summed E-state index contributed by atoms with van der Waals surface area (Å²) in [7, 11) is 0. The van der Waals surface area contributed by atoms with E-state index in [0.717, 1.165) is 42.7 Å². The Morgan fingerprint density at radius 2 is 2.08 bits per heavy atom. The van der Waals surface area contributed by atoms with Crippen molar-refractivity contribution in [2.75, 3.05) is 13.2 Å². The normalized spacial score (nSPS) is 16.5. The van der Waals surface area contributed by atoms with Crippen molar-refractivity contribution < 1.29 is 9.53 Å². The summed E-state index contributed by atoms with van der Waals surface area (Å²) >= 11 is 0. The first-order chi connectivity index (χ1) is 12.8. The number of benzene rings is 1. The van der Waals surface area contributed by atoms with Crippen LogP contribution < -0.4 is 5.32 Å². The molecule has 1 amide bonds. The van der Waals surface area contributed by atoms with Crippen molar-refractivity contribution in [3.05, 3.63) is 60.7 Å². The number of fused-ring (bicyclic) bond motifs is 1. The van der Waals surface area contributed by atoms with Gasteiger partial charge >= 0.3 is 0 Å². The number of rotatable bonds is 5. The first-order valence-electron chi connectivity index (χ1n) is 8.98. The van der Waals surface area contributed by atoms with Gasteiger partial charge in [-0.3, -0.25) is 9.78 Å². The van der Waals surface area contributed by atoms with E-state index in [1.54, 1.807) is 12.5 Å². The van der Waals surface area contributed by atoms with Crippen LogP contribution in [0.25, 0.3) is 11.0 Å². The average Bonchev–Trinajstić information content (AvgIpc) is 3.10. The van der Waals surface area contributed by atoms with Crippen LogP contribution in [-0.4, -0.2) is 33.7 Å². The third-order valence-corrected chi connectivity index (χ3v) is 4.94. The van der Waals surface area contributed by atoms with E-state index in [-0.39, 0.29) is 18.5 Å². The average molecular weight is 350 g/mol. The predicted octanol–water partition coefficient (Wildman–Crippen LogP) is 2.72. The van der Waals surface area contributed by atoms with Crippen LogP contribution >= 0.6 is 0 Å². The molecular weight excluding hydrogens is 328 g/mol. The first kappa shape index (κ1) is 16.7. The van der Waals surface area contributed by atoms with Gasteiger partial charge in [0.15, 0.2) is 0 Å². The van der Waals surface area contributed by atoms with E-state index >= 15 is 0 Å². The summed E-state index contributed by atoms with van der Waals surface area (Å²) in [6.45, 7) is 1.73. The number of aromatic nitrogens is 3. The van der Waals surface area contributed by atoms with Gasteiger partial charge in [0.1, 0.15) is 6.54 Å². The lowest BCUT2D eigenvalue weighted by atomic mass is 9.87. The van der Waals surface area contributed by atoms with Gasteiger partial charge in [-0.25, -0.2) is 4.98 Å². The number of hydrogen-bond acceptors (Lipinski definition) is 4. The fraction of sp³-hybridized carbons (Fsp3) is 0.350. The maximum Gasteiger partial charge on any atom is 0.240 e. The molecule has 134 valence electrons. The highest BCUT2D eigenvalue weighted by molar-refractivity contribution is 5.80. The zero-order valence-electron chi connectivity index (χ0n) is 14.5. The Labute approximate surface area is 152 Å². The number of amides is 1. The summed E-state index contributed by atoms with van der Waals surface area (Å²) < 4.78 is 7.37. The second-order valence-corrected chi connectivity index (χ2v) is 6.64. The van der Waals surface area contributed by atoms with E-state index in [1.807, 2.05) is 47.2 Å². The molecule has 0 spiro atoms. The summed E-state index contributed by atoms with van der Waals surface area (Å²) in [4.78, 5) is 21.4. The van der Waals surface area contributed by atoms with Gasteiger partial charge in [0, 0.05) is 25.6 Å². The Balaban J connectivity index is 1.52. The molecule has 0 saturated carbocycles. The van der Waals surface area contributed by atoms with E-state index in [4.69, 9.17) is 4.74 Å². The standard InChI is InChI=1S/C20H22N4O2/c25-19(13-24-14-22-17-5-1-2-6-18(17)24)23-20(15-7-10-26-11-8-15)16-4-3-9-21-12-16/h1-6,9,12,14-15,20H,7-8,10-11,13H2,(H,23,25)/t20-/m1/s1. The lowest BCUT2D eigenvalue weighted by Crippen LogP contribution is -2.37. The summed E-state index contributed by atoms with van der Waals surface area (Å²) in [6, 6.07) is 11.7. The number of carbonyl (C=O) groups excluding carboxylic acids is 1. The molecule has 1 aliphatic rings. The molecule has 4 rings (SSSR count). The van der Waals surface area contributed by atoms with Crippen LogP contribution in [0.1, 0.15) is 24.4 Å². The molecule has 1 aliphatic heterocycles. The maximum atomic E-state index is 12.8. The van der Waals surface area contributed by atoms with Gasteiger partial charge in [0.05, 0.1) is 23.4 Å². The van der Waals surface area contributed by atoms with E-state index in [9.17, 15) is 4.79 Å². The first-order valence-corrected chi connectivity index (χ1v) is 8.98. The monoisotopic (exact) mass is 350 g/mol. The molecule has 0 bridgehead atoms. The van der Waals surface area contributed by atoms with Crippen LogP contribution in [0.2, 0.25) is 0 Å². The molecule has 1 fully saturated rings. The second kappa shape index (κ2) is 7.66. The molecule has 3 heterocycles. The molecule has 0 radical (unpaired) electrons. The minimum Gasteiger partial charge on any atom is -0.381 e. The van der Waals surface area contributed by atoms with Crippen LogP contribution in [0.4, 0.5) is 0 Å². The minimum atomic E-state index is -0.0464. The van der Waals surface area contributed by atoms with Gasteiger partial charge in [0.2, 0.25) is 5.91 Å². The molecule has 6 nitrogen and oxygen atoms in total. The van der Waals surface area contributed by atoms with Crippen LogP contribution in [0.5, 0.6) is 0 Å². The number of hydrogen-bond donors (Lipinski definition) is 1. The van der Waals surface area contributed by atoms with Crippen LogP contribution in [0, 0.1) is 5.92 Å². The third kappa shape index (κ3) is 3.60. The summed E-state index contributed by atoms with van der Waals surface area (Å²) in [5.41, 5.74) is 2.91. The highest BCUT2D eigenvalue weighted by Crippen LogP contribution is 2.29. The Morgan fingerprint density at radius 3 is 2.88 bits per heavy atom. The number of imidazole rings is 1. The van der Waals surface area contributed by atoms with Crippen LogP contribution in [0.15, 0.2) is 55.1 Å². The predicted molar refractivity (Wildman–Crippen MR) is 98.4 cm³/mol. The van der Waals surface area contributed by atoms with E-state index in [1.165, 1.54) is 0 Å². The third-order valence-electron chi connectivity index (χ3n) is 4.94. The lowest BCUT2D eigenvalue weighted by Gasteiger charge is -2.31. The smallest absolute Gasteiger partial charge is 0.240 e. The lowest BCUT2D eigenvalue weighted by molar-refractivity contribution is -0.123. The van der Waals surface area contributed by atoms with Crippen molar-refractivity contribution in [3.63, 3.8) is 0 Å². The topological polar surface area (TPSA) is 69.0 Å². The van der Waals surface area contributed by atoms with Crippen LogP contribution in [-0.2, 0) is 16.1 Å². The zero-order chi connectivity index (χ0) is 17.8. The Morgan fingerprint density at radius 1 is 1.23 bits per heavy atom. The quantitative estimate of drug-likeness (QED) is 0.768. The summed E-state index contributed by atoms with van der Waals surface area (Å²) in [5.74, 6) is 0.338. The number of nitrogens with zero attached hydrogens (tertiary/aromatic N) is 3. The van der Waals surface area contributed by atoms with E-state index in [0.29, 0.717) is 5.92 Å². The number of ether oxygens (including phenoxy) is 1. The summed E-state index contributed by atoms with van der Waals surface area (Å²) in [5, 5.41) is 3.22. The molecular formula is C20H22N4O2. The number of nitrogens with one attached hydrogen (secondary N) is 1. The molecule has 1 N–H and O–H groups in total. The van der Waals surface area contributed by atoms with Crippen LogP contribution in [0.3, 0.4) is 0 Å². The van der Waals surface area contributed by atoms with Crippen molar-refractivity contribution in [1.29, 1.82) is 0 Å². The van der Waals surface area contributed by atoms with Crippen molar-refractivity contribution in [1.82, 2.24) is 19.9 Å². The fourth-order valence-electron chi connectivity index (χ4n) is 3.59. The Bertz CT molecular complexity index is 872. The molecule has 0 unspecified atom stereocenters. The molecule has 2 aromatic heterocycles. The van der Waals surface area contributed by atoms with Crippen molar-refractivity contribution >= 4 is 16.9 Å². The van der Waals surface area contributed by atoms with Gasteiger partial charge < -0.3 is 14.6 Å². The van der Waals surface area contributed by atoms with Gasteiger partial charge in [-0.05, 0) is 42.5 Å². The SMILES string of the molecule is O=C(Cn1cnc2ccccc21)N[C@@H](c1cccnc1)C1CCOCC1. The zero-order valence-corrected chi connectivity index (χ0v) is 14.5. The highest BCUT2D eigenvalue weighted by Gasteiger charge is 2.27. The fourth-order valence-corrected chi connectivity index (χ4v) is 3.59. The van der Waals surface area contributed by atoms with E-state index in [2.05, 4.69) is 15.3 Å².